The van der Waals surface area contributed by atoms with Gasteiger partial charge in [0.1, 0.15) is 11.2 Å². The third kappa shape index (κ3) is 4.12. The monoisotopic (exact) mass is 526 g/mol. The van der Waals surface area contributed by atoms with Crippen LogP contribution in [0.15, 0.2) is 138 Å². The zero-order chi connectivity index (χ0) is 27.2. The lowest BCUT2D eigenvalue weighted by Crippen LogP contribution is -2.00. The Morgan fingerprint density at radius 1 is 0.439 bits per heavy atom. The lowest BCUT2D eigenvalue weighted by atomic mass is 10.0. The predicted molar refractivity (Wildman–Crippen MR) is 164 cm³/mol. The summed E-state index contributed by atoms with van der Waals surface area (Å²) in [6.07, 6.45) is 1.82. The minimum absolute atomic E-state index is 0.600. The summed E-state index contributed by atoms with van der Waals surface area (Å²) in [5.74, 6) is 1.85. The van der Waals surface area contributed by atoms with E-state index in [1.54, 1.807) is 0 Å². The van der Waals surface area contributed by atoms with Gasteiger partial charge >= 0.3 is 0 Å². The van der Waals surface area contributed by atoms with Gasteiger partial charge < -0.3 is 4.42 Å². The number of aromatic nitrogens is 4. The summed E-state index contributed by atoms with van der Waals surface area (Å²) in [6.45, 7) is 0. The predicted octanol–water partition coefficient (Wildman–Crippen LogP) is 8.99. The Bertz CT molecular complexity index is 2210. The molecule has 0 saturated heterocycles. The molecule has 0 aliphatic heterocycles. The molecule has 0 bridgehead atoms. The van der Waals surface area contributed by atoms with Crippen molar-refractivity contribution in [3.63, 3.8) is 0 Å². The second-order valence-electron chi connectivity index (χ2n) is 9.95. The summed E-state index contributed by atoms with van der Waals surface area (Å²) < 4.78 is 6.20. The Kier molecular flexibility index (Phi) is 5.38. The highest BCUT2D eigenvalue weighted by molar-refractivity contribution is 6.17. The second kappa shape index (κ2) is 9.50. The molecule has 0 aliphatic rings. The topological polar surface area (TPSA) is 64.7 Å². The number of hydrogen-bond donors (Lipinski definition) is 0. The van der Waals surface area contributed by atoms with Crippen LogP contribution in [0.25, 0.3) is 78.1 Å². The Balaban J connectivity index is 1.33. The Morgan fingerprint density at radius 2 is 1.07 bits per heavy atom. The molecule has 0 aliphatic carbocycles. The molecule has 41 heavy (non-hydrogen) atoms. The summed E-state index contributed by atoms with van der Waals surface area (Å²) in [7, 11) is 0. The molecule has 0 atom stereocenters. The molecule has 3 heterocycles. The van der Waals surface area contributed by atoms with Crippen LogP contribution in [0.2, 0.25) is 0 Å². The highest BCUT2D eigenvalue weighted by Crippen LogP contribution is 2.36. The lowest BCUT2D eigenvalue weighted by molar-refractivity contribution is 0.669. The first-order chi connectivity index (χ1) is 20.3. The van der Waals surface area contributed by atoms with Crippen LogP contribution in [0.1, 0.15) is 0 Å². The maximum Gasteiger partial charge on any atom is 0.164 e. The van der Waals surface area contributed by atoms with E-state index < -0.39 is 0 Å². The largest absolute Gasteiger partial charge is 0.456 e. The molecule has 5 heteroatoms. The summed E-state index contributed by atoms with van der Waals surface area (Å²) >= 11 is 0. The maximum absolute atomic E-state index is 6.20. The van der Waals surface area contributed by atoms with Crippen LogP contribution in [0.5, 0.6) is 0 Å². The van der Waals surface area contributed by atoms with Crippen molar-refractivity contribution in [2.75, 3.05) is 0 Å². The summed E-state index contributed by atoms with van der Waals surface area (Å²) in [5, 5.41) is 3.05. The van der Waals surface area contributed by atoms with Crippen molar-refractivity contribution in [1.82, 2.24) is 19.9 Å². The number of benzene rings is 5. The van der Waals surface area contributed by atoms with Gasteiger partial charge in [-0.1, -0.05) is 84.9 Å². The first-order valence-electron chi connectivity index (χ1n) is 13.5. The highest BCUT2D eigenvalue weighted by Gasteiger charge is 2.16. The molecule has 5 aromatic carbocycles. The number of fused-ring (bicyclic) bond motifs is 5. The zero-order valence-corrected chi connectivity index (χ0v) is 21.9. The van der Waals surface area contributed by atoms with Gasteiger partial charge in [-0.25, -0.2) is 15.0 Å². The average Bonchev–Trinajstić information content (AvgIpc) is 3.44. The van der Waals surface area contributed by atoms with Crippen molar-refractivity contribution in [1.29, 1.82) is 0 Å². The molecular formula is C36H22N4O. The Hall–Kier alpha value is -5.68. The number of pyridine rings is 1. The number of rotatable bonds is 4. The molecule has 192 valence electrons. The van der Waals surface area contributed by atoms with Crippen molar-refractivity contribution >= 4 is 32.8 Å². The second-order valence-corrected chi connectivity index (χ2v) is 9.95. The fraction of sp³-hybridized carbons (Fsp3) is 0. The fourth-order valence-corrected chi connectivity index (χ4v) is 5.36. The van der Waals surface area contributed by atoms with E-state index in [2.05, 4.69) is 41.4 Å². The molecule has 0 unspecified atom stereocenters. The summed E-state index contributed by atoms with van der Waals surface area (Å²) in [4.78, 5) is 19.5. The first kappa shape index (κ1) is 23.2. The van der Waals surface area contributed by atoms with E-state index in [9.17, 15) is 0 Å². The van der Waals surface area contributed by atoms with E-state index in [4.69, 9.17) is 19.4 Å². The lowest BCUT2D eigenvalue weighted by Gasteiger charge is -2.10. The molecule has 8 rings (SSSR count). The van der Waals surface area contributed by atoms with Gasteiger partial charge in [-0.3, -0.25) is 4.98 Å². The van der Waals surface area contributed by atoms with Gasteiger partial charge in [-0.2, -0.15) is 0 Å². The zero-order valence-electron chi connectivity index (χ0n) is 21.9. The molecule has 8 aromatic rings. The van der Waals surface area contributed by atoms with Crippen LogP contribution in [0.4, 0.5) is 0 Å². The molecule has 0 saturated carbocycles. The molecule has 5 nitrogen and oxygen atoms in total. The van der Waals surface area contributed by atoms with Crippen LogP contribution in [-0.4, -0.2) is 19.9 Å². The van der Waals surface area contributed by atoms with Gasteiger partial charge in [-0.15, -0.1) is 0 Å². The van der Waals surface area contributed by atoms with Crippen molar-refractivity contribution in [3.8, 4) is 45.3 Å². The third-order valence-corrected chi connectivity index (χ3v) is 7.36. The smallest absolute Gasteiger partial charge is 0.164 e. The van der Waals surface area contributed by atoms with E-state index in [0.29, 0.717) is 17.5 Å². The van der Waals surface area contributed by atoms with Crippen LogP contribution < -0.4 is 0 Å². The summed E-state index contributed by atoms with van der Waals surface area (Å²) in [6, 6.07) is 42.9. The van der Waals surface area contributed by atoms with Crippen LogP contribution in [0, 0.1) is 0 Å². The van der Waals surface area contributed by atoms with E-state index in [0.717, 1.165) is 60.7 Å². The van der Waals surface area contributed by atoms with Gasteiger partial charge in [0.05, 0.1) is 10.9 Å². The normalized spacial score (nSPS) is 11.4. The van der Waals surface area contributed by atoms with Crippen molar-refractivity contribution in [2.24, 2.45) is 0 Å². The standard InChI is InChI=1S/C36H22N4O/c1-3-9-23(10-4-1)26-13-7-14-27(21-26)35-38-34(25-11-5-2-6-12-25)39-36(40-35)28-17-18-30-29(22-28)32-31(41-30)19-16-24-15-8-20-37-33(24)32/h1-22H. The van der Waals surface area contributed by atoms with Crippen LogP contribution >= 0.6 is 0 Å². The van der Waals surface area contributed by atoms with E-state index in [1.165, 1.54) is 0 Å². The minimum atomic E-state index is 0.600. The fourth-order valence-electron chi connectivity index (χ4n) is 5.36. The molecule has 0 amide bonds. The quantitative estimate of drug-likeness (QED) is 0.229. The van der Waals surface area contributed by atoms with Crippen LogP contribution in [0.3, 0.4) is 0 Å². The molecule has 0 fully saturated rings. The van der Waals surface area contributed by atoms with Crippen molar-refractivity contribution in [3.05, 3.63) is 134 Å². The van der Waals surface area contributed by atoms with Gasteiger partial charge in [0.15, 0.2) is 17.5 Å². The van der Waals surface area contributed by atoms with Crippen molar-refractivity contribution < 1.29 is 4.42 Å². The minimum Gasteiger partial charge on any atom is -0.456 e. The van der Waals surface area contributed by atoms with E-state index in [-0.39, 0.29) is 0 Å². The summed E-state index contributed by atoms with van der Waals surface area (Å²) in [5.41, 5.74) is 7.52. The Morgan fingerprint density at radius 3 is 1.85 bits per heavy atom. The van der Waals surface area contributed by atoms with E-state index in [1.807, 2.05) is 97.2 Å². The molecule has 0 N–H and O–H groups in total. The van der Waals surface area contributed by atoms with Crippen LogP contribution in [-0.2, 0) is 0 Å². The number of hydrogen-bond acceptors (Lipinski definition) is 5. The highest BCUT2D eigenvalue weighted by atomic mass is 16.3. The van der Waals surface area contributed by atoms with Crippen molar-refractivity contribution in [2.45, 2.75) is 0 Å². The Labute approximate surface area is 235 Å². The van der Waals surface area contributed by atoms with Gasteiger partial charge in [0.25, 0.3) is 0 Å². The molecular weight excluding hydrogens is 504 g/mol. The maximum atomic E-state index is 6.20. The average molecular weight is 527 g/mol. The first-order valence-corrected chi connectivity index (χ1v) is 13.5. The van der Waals surface area contributed by atoms with Gasteiger partial charge in [-0.05, 0) is 53.6 Å². The van der Waals surface area contributed by atoms with Gasteiger partial charge in [0, 0.05) is 33.7 Å². The molecule has 0 spiro atoms. The molecule has 3 aromatic heterocycles. The SMILES string of the molecule is c1ccc(-c2cccc(-c3nc(-c4ccccc4)nc(-c4ccc5oc6ccc7cccnc7c6c5c4)n3)c2)cc1. The number of furan rings is 1. The number of nitrogens with zero attached hydrogens (tertiary/aromatic N) is 4. The third-order valence-electron chi connectivity index (χ3n) is 7.36. The van der Waals surface area contributed by atoms with E-state index >= 15 is 0 Å². The van der Waals surface area contributed by atoms with Gasteiger partial charge in [0.2, 0.25) is 0 Å². The molecule has 0 radical (unpaired) electrons.